The summed E-state index contributed by atoms with van der Waals surface area (Å²) >= 11 is 3.70. The zero-order chi connectivity index (χ0) is 23.3. The third kappa shape index (κ3) is 6.97. The molecule has 1 aliphatic rings. The normalized spacial score (nSPS) is 19.8. The highest BCUT2D eigenvalue weighted by molar-refractivity contribution is 9.10. The number of anilines is 1. The molecule has 1 heterocycles. The van der Waals surface area contributed by atoms with Gasteiger partial charge in [0, 0.05) is 16.2 Å². The van der Waals surface area contributed by atoms with Gasteiger partial charge in [-0.1, -0.05) is 35.0 Å². The fourth-order valence-corrected chi connectivity index (χ4v) is 4.68. The molecule has 1 amide bonds. The van der Waals surface area contributed by atoms with E-state index < -0.39 is 11.7 Å². The van der Waals surface area contributed by atoms with Crippen LogP contribution in [0.15, 0.2) is 46.9 Å². The minimum absolute atomic E-state index is 0.377. The summed E-state index contributed by atoms with van der Waals surface area (Å²) in [5, 5.41) is 6.52. The van der Waals surface area contributed by atoms with Crippen molar-refractivity contribution in [3.8, 4) is 5.75 Å². The van der Waals surface area contributed by atoms with Gasteiger partial charge >= 0.3 is 6.09 Å². The summed E-state index contributed by atoms with van der Waals surface area (Å²) in [6, 6.07) is 14.7. The molecule has 0 aromatic heterocycles. The minimum atomic E-state index is -0.512. The molecule has 1 aliphatic heterocycles. The van der Waals surface area contributed by atoms with E-state index in [0.717, 1.165) is 35.3 Å². The number of hydrogen-bond donors (Lipinski definition) is 2. The lowest BCUT2D eigenvalue weighted by Crippen LogP contribution is -2.41. The lowest BCUT2D eigenvalue weighted by atomic mass is 9.80. The van der Waals surface area contributed by atoms with Crippen LogP contribution in [0.25, 0.3) is 0 Å². The molecular formula is C26H35BrN2O3. The van der Waals surface area contributed by atoms with E-state index in [4.69, 9.17) is 9.47 Å². The van der Waals surface area contributed by atoms with E-state index in [1.54, 1.807) is 7.11 Å². The summed E-state index contributed by atoms with van der Waals surface area (Å²) in [4.78, 5) is 12.0. The standard InChI is InChI=1S/C26H35BrN2O3/c1-17(19-6-8-21(9-7-19)29-25(30)32-26(2,3)4)24-15-18(12-13-28-24)14-20-16-22(31-5)10-11-23(20)27/h6-11,16-18,24,28H,12-15H2,1-5H3,(H,29,30). The second-order valence-electron chi connectivity index (χ2n) is 9.65. The molecule has 32 heavy (non-hydrogen) atoms. The van der Waals surface area contributed by atoms with Crippen molar-refractivity contribution in [3.63, 3.8) is 0 Å². The summed E-state index contributed by atoms with van der Waals surface area (Å²) < 4.78 is 11.9. The molecule has 2 N–H and O–H groups in total. The average molecular weight is 503 g/mol. The summed E-state index contributed by atoms with van der Waals surface area (Å²) in [5.74, 6) is 1.91. The predicted molar refractivity (Wildman–Crippen MR) is 134 cm³/mol. The number of carbonyl (C=O) groups excluding carboxylic acids is 1. The highest BCUT2D eigenvalue weighted by Gasteiger charge is 2.27. The molecule has 3 unspecified atom stereocenters. The van der Waals surface area contributed by atoms with E-state index in [0.29, 0.717) is 17.9 Å². The van der Waals surface area contributed by atoms with Crippen molar-refractivity contribution < 1.29 is 14.3 Å². The van der Waals surface area contributed by atoms with Gasteiger partial charge in [0.15, 0.2) is 0 Å². The molecule has 1 fully saturated rings. The van der Waals surface area contributed by atoms with Gasteiger partial charge in [-0.3, -0.25) is 5.32 Å². The molecular weight excluding hydrogens is 468 g/mol. The highest BCUT2D eigenvalue weighted by Crippen LogP contribution is 2.32. The Morgan fingerprint density at radius 1 is 1.22 bits per heavy atom. The van der Waals surface area contributed by atoms with Crippen LogP contribution in [0.2, 0.25) is 0 Å². The van der Waals surface area contributed by atoms with E-state index in [2.05, 4.69) is 57.8 Å². The van der Waals surface area contributed by atoms with Crippen LogP contribution < -0.4 is 15.4 Å². The van der Waals surface area contributed by atoms with Gasteiger partial charge < -0.3 is 14.8 Å². The molecule has 0 spiro atoms. The number of nitrogens with one attached hydrogen (secondary N) is 2. The van der Waals surface area contributed by atoms with Crippen molar-refractivity contribution in [2.45, 2.75) is 64.5 Å². The van der Waals surface area contributed by atoms with Gasteiger partial charge in [0.05, 0.1) is 7.11 Å². The zero-order valence-corrected chi connectivity index (χ0v) is 21.3. The van der Waals surface area contributed by atoms with Gasteiger partial charge in [-0.15, -0.1) is 0 Å². The second-order valence-corrected chi connectivity index (χ2v) is 10.5. The van der Waals surface area contributed by atoms with Crippen molar-refractivity contribution in [1.29, 1.82) is 0 Å². The lowest BCUT2D eigenvalue weighted by molar-refractivity contribution is 0.0636. The summed E-state index contributed by atoms with van der Waals surface area (Å²) in [5.41, 5.74) is 2.80. The SMILES string of the molecule is COc1ccc(Br)c(CC2CCNC(C(C)c3ccc(NC(=O)OC(C)(C)C)cc3)C2)c1. The van der Waals surface area contributed by atoms with Gasteiger partial charge in [-0.2, -0.15) is 0 Å². The second kappa shape index (κ2) is 10.7. The Morgan fingerprint density at radius 3 is 2.59 bits per heavy atom. The summed E-state index contributed by atoms with van der Waals surface area (Å²) in [6.07, 6.45) is 2.91. The molecule has 0 aliphatic carbocycles. The topological polar surface area (TPSA) is 59.6 Å². The Morgan fingerprint density at radius 2 is 1.94 bits per heavy atom. The minimum Gasteiger partial charge on any atom is -0.497 e. The quantitative estimate of drug-likeness (QED) is 0.471. The predicted octanol–water partition coefficient (Wildman–Crippen LogP) is 6.52. The Hall–Kier alpha value is -2.05. The molecule has 5 nitrogen and oxygen atoms in total. The average Bonchev–Trinajstić information content (AvgIpc) is 2.74. The maximum Gasteiger partial charge on any atom is 0.412 e. The van der Waals surface area contributed by atoms with Gasteiger partial charge in [0.25, 0.3) is 0 Å². The molecule has 3 atom stereocenters. The summed E-state index contributed by atoms with van der Waals surface area (Å²) in [6.45, 7) is 8.87. The van der Waals surface area contributed by atoms with Crippen molar-refractivity contribution in [2.75, 3.05) is 19.0 Å². The van der Waals surface area contributed by atoms with Crippen molar-refractivity contribution in [2.24, 2.45) is 5.92 Å². The van der Waals surface area contributed by atoms with Crippen LogP contribution in [0, 0.1) is 5.92 Å². The highest BCUT2D eigenvalue weighted by atomic mass is 79.9. The Bertz CT molecular complexity index is 908. The maximum atomic E-state index is 12.0. The van der Waals surface area contributed by atoms with Crippen LogP contribution in [-0.4, -0.2) is 31.4 Å². The number of amides is 1. The molecule has 0 saturated carbocycles. The smallest absolute Gasteiger partial charge is 0.412 e. The maximum absolute atomic E-state index is 12.0. The van der Waals surface area contributed by atoms with Crippen LogP contribution in [0.1, 0.15) is 57.6 Å². The monoisotopic (exact) mass is 502 g/mol. The van der Waals surface area contributed by atoms with Gasteiger partial charge in [-0.25, -0.2) is 4.79 Å². The molecule has 0 radical (unpaired) electrons. The molecule has 174 valence electrons. The van der Waals surface area contributed by atoms with Crippen molar-refractivity contribution >= 4 is 27.7 Å². The van der Waals surface area contributed by atoms with E-state index in [1.807, 2.05) is 39.0 Å². The molecule has 6 heteroatoms. The Balaban J connectivity index is 1.60. The van der Waals surface area contributed by atoms with E-state index in [1.165, 1.54) is 17.5 Å². The first kappa shape index (κ1) is 24.6. The fraction of sp³-hybridized carbons (Fsp3) is 0.500. The first-order chi connectivity index (χ1) is 15.1. The van der Waals surface area contributed by atoms with Crippen LogP contribution in [0.3, 0.4) is 0 Å². The Labute approximate surface area is 200 Å². The number of hydrogen-bond acceptors (Lipinski definition) is 4. The van der Waals surface area contributed by atoms with Crippen LogP contribution in [0.4, 0.5) is 10.5 Å². The largest absolute Gasteiger partial charge is 0.497 e. The fourth-order valence-electron chi connectivity index (χ4n) is 4.27. The van der Waals surface area contributed by atoms with Gasteiger partial charge in [0.2, 0.25) is 0 Å². The number of rotatable bonds is 6. The number of piperidine rings is 1. The van der Waals surface area contributed by atoms with E-state index >= 15 is 0 Å². The van der Waals surface area contributed by atoms with Crippen LogP contribution >= 0.6 is 15.9 Å². The first-order valence-electron chi connectivity index (χ1n) is 11.3. The van der Waals surface area contributed by atoms with Gasteiger partial charge in [0.1, 0.15) is 11.4 Å². The van der Waals surface area contributed by atoms with Crippen LogP contribution in [0.5, 0.6) is 5.75 Å². The lowest BCUT2D eigenvalue weighted by Gasteiger charge is -2.34. The molecule has 0 bridgehead atoms. The number of ether oxygens (including phenoxy) is 2. The molecule has 1 saturated heterocycles. The summed E-state index contributed by atoms with van der Waals surface area (Å²) in [7, 11) is 1.71. The zero-order valence-electron chi connectivity index (χ0n) is 19.7. The van der Waals surface area contributed by atoms with Crippen molar-refractivity contribution in [1.82, 2.24) is 5.32 Å². The number of methoxy groups -OCH3 is 1. The number of benzene rings is 2. The third-order valence-corrected chi connectivity index (χ3v) is 6.77. The molecule has 2 aromatic carbocycles. The number of carbonyl (C=O) groups is 1. The van der Waals surface area contributed by atoms with Crippen molar-refractivity contribution in [3.05, 3.63) is 58.1 Å². The first-order valence-corrected chi connectivity index (χ1v) is 12.1. The van der Waals surface area contributed by atoms with Gasteiger partial charge in [-0.05, 0) is 99.9 Å². The number of halogens is 1. The Kier molecular flexibility index (Phi) is 8.23. The van der Waals surface area contributed by atoms with E-state index in [-0.39, 0.29) is 0 Å². The van der Waals surface area contributed by atoms with E-state index in [9.17, 15) is 4.79 Å². The van der Waals surface area contributed by atoms with Crippen LogP contribution in [-0.2, 0) is 11.2 Å². The molecule has 3 rings (SSSR count). The molecule has 2 aromatic rings. The third-order valence-electron chi connectivity index (χ3n) is 5.99.